The predicted molar refractivity (Wildman–Crippen MR) is 132 cm³/mol. The Hall–Kier alpha value is -3.45. The van der Waals surface area contributed by atoms with Crippen LogP contribution in [0.4, 0.5) is 0 Å². The van der Waals surface area contributed by atoms with Gasteiger partial charge in [0.1, 0.15) is 0 Å². The Balaban J connectivity index is 1.50. The lowest BCUT2D eigenvalue weighted by atomic mass is 10.1. The van der Waals surface area contributed by atoms with Crippen molar-refractivity contribution in [2.75, 3.05) is 12.8 Å². The molecule has 0 N–H and O–H groups in total. The van der Waals surface area contributed by atoms with Crippen LogP contribution in [-0.2, 0) is 17.9 Å². The first-order chi connectivity index (χ1) is 16.0. The maximum atomic E-state index is 12.9. The SMILES string of the molecule is Cc1ccc(CN(C)C(=O)CSc2nnc(-c3cccnc3)n2Cc2ccccc2)c(C)c1. The summed E-state index contributed by atoms with van der Waals surface area (Å²) in [5.41, 5.74) is 5.62. The van der Waals surface area contributed by atoms with Crippen LogP contribution in [0, 0.1) is 13.8 Å². The molecule has 0 saturated carbocycles. The van der Waals surface area contributed by atoms with E-state index in [1.54, 1.807) is 17.3 Å². The zero-order valence-corrected chi connectivity index (χ0v) is 19.9. The minimum Gasteiger partial charge on any atom is -0.341 e. The van der Waals surface area contributed by atoms with E-state index in [1.165, 1.54) is 22.9 Å². The number of carbonyl (C=O) groups excluding carboxylic acids is 1. The highest BCUT2D eigenvalue weighted by atomic mass is 32.2. The Bertz CT molecular complexity index is 1220. The molecule has 0 radical (unpaired) electrons. The molecule has 2 aromatic carbocycles. The summed E-state index contributed by atoms with van der Waals surface area (Å²) >= 11 is 1.41. The highest BCUT2D eigenvalue weighted by Gasteiger charge is 2.18. The van der Waals surface area contributed by atoms with Gasteiger partial charge in [0.2, 0.25) is 5.91 Å². The highest BCUT2D eigenvalue weighted by molar-refractivity contribution is 7.99. The lowest BCUT2D eigenvalue weighted by Crippen LogP contribution is -2.28. The molecule has 6 nitrogen and oxygen atoms in total. The average molecular weight is 458 g/mol. The Labute approximate surface area is 198 Å². The summed E-state index contributed by atoms with van der Waals surface area (Å²) in [5.74, 6) is 1.09. The van der Waals surface area contributed by atoms with Gasteiger partial charge in [0, 0.05) is 31.5 Å². The quantitative estimate of drug-likeness (QED) is 0.357. The molecule has 0 unspecified atom stereocenters. The third-order valence-electron chi connectivity index (χ3n) is 5.48. The number of thioether (sulfide) groups is 1. The predicted octanol–water partition coefficient (Wildman–Crippen LogP) is 4.76. The van der Waals surface area contributed by atoms with E-state index in [0.717, 1.165) is 22.5 Å². The van der Waals surface area contributed by atoms with Gasteiger partial charge in [0.25, 0.3) is 0 Å². The number of hydrogen-bond donors (Lipinski definition) is 0. The molecule has 0 aliphatic carbocycles. The number of aryl methyl sites for hydroxylation is 2. The first-order valence-electron chi connectivity index (χ1n) is 10.8. The zero-order chi connectivity index (χ0) is 23.2. The molecule has 0 saturated heterocycles. The van der Waals surface area contributed by atoms with Crippen LogP contribution >= 0.6 is 11.8 Å². The summed E-state index contributed by atoms with van der Waals surface area (Å²) in [6.45, 7) is 5.37. The molecule has 33 heavy (non-hydrogen) atoms. The number of nitrogens with zero attached hydrogens (tertiary/aromatic N) is 5. The van der Waals surface area contributed by atoms with Crippen molar-refractivity contribution in [3.63, 3.8) is 0 Å². The summed E-state index contributed by atoms with van der Waals surface area (Å²) < 4.78 is 2.05. The van der Waals surface area contributed by atoms with Gasteiger partial charge in [-0.15, -0.1) is 10.2 Å². The van der Waals surface area contributed by atoms with Crippen molar-refractivity contribution in [2.45, 2.75) is 32.1 Å². The van der Waals surface area contributed by atoms with E-state index >= 15 is 0 Å². The molecule has 0 spiro atoms. The van der Waals surface area contributed by atoms with E-state index in [1.807, 2.05) is 37.4 Å². The second kappa shape index (κ2) is 10.4. The average Bonchev–Trinajstić information content (AvgIpc) is 3.22. The minimum absolute atomic E-state index is 0.0529. The maximum Gasteiger partial charge on any atom is 0.233 e. The van der Waals surface area contributed by atoms with Crippen molar-refractivity contribution in [2.24, 2.45) is 0 Å². The Kier molecular flexibility index (Phi) is 7.19. The van der Waals surface area contributed by atoms with Crippen LogP contribution in [0.15, 0.2) is 78.2 Å². The van der Waals surface area contributed by atoms with Gasteiger partial charge in [-0.2, -0.15) is 0 Å². The standard InChI is InChI=1S/C26H27N5OS/c1-19-11-12-23(20(2)14-19)17-30(3)24(32)18-33-26-29-28-25(22-10-7-13-27-15-22)31(26)16-21-8-5-4-6-9-21/h4-15H,16-18H2,1-3H3. The van der Waals surface area contributed by atoms with Crippen LogP contribution in [0.1, 0.15) is 22.3 Å². The van der Waals surface area contributed by atoms with Gasteiger partial charge in [-0.05, 0) is 42.7 Å². The number of carbonyl (C=O) groups is 1. The summed E-state index contributed by atoms with van der Waals surface area (Å²) in [5, 5.41) is 9.54. The number of rotatable bonds is 8. The van der Waals surface area contributed by atoms with Crippen LogP contribution in [0.3, 0.4) is 0 Å². The fourth-order valence-electron chi connectivity index (χ4n) is 3.62. The zero-order valence-electron chi connectivity index (χ0n) is 19.1. The molecule has 2 aromatic heterocycles. The maximum absolute atomic E-state index is 12.9. The molecular weight excluding hydrogens is 430 g/mol. The van der Waals surface area contributed by atoms with Gasteiger partial charge >= 0.3 is 0 Å². The topological polar surface area (TPSA) is 63.9 Å². The van der Waals surface area contributed by atoms with Gasteiger partial charge in [0.05, 0.1) is 12.3 Å². The van der Waals surface area contributed by atoms with Crippen molar-refractivity contribution >= 4 is 17.7 Å². The lowest BCUT2D eigenvalue weighted by Gasteiger charge is -2.19. The number of aromatic nitrogens is 4. The van der Waals surface area contributed by atoms with E-state index in [0.29, 0.717) is 24.0 Å². The molecule has 0 bridgehead atoms. The van der Waals surface area contributed by atoms with Gasteiger partial charge in [0.15, 0.2) is 11.0 Å². The third-order valence-corrected chi connectivity index (χ3v) is 6.43. The molecule has 0 fully saturated rings. The minimum atomic E-state index is 0.0529. The van der Waals surface area contributed by atoms with E-state index in [2.05, 4.69) is 63.9 Å². The molecule has 2 heterocycles. The second-order valence-electron chi connectivity index (χ2n) is 8.09. The molecule has 4 aromatic rings. The normalized spacial score (nSPS) is 10.9. The van der Waals surface area contributed by atoms with E-state index in [-0.39, 0.29) is 5.91 Å². The Morgan fingerprint density at radius 2 is 1.85 bits per heavy atom. The summed E-state index contributed by atoms with van der Waals surface area (Å²) in [7, 11) is 1.85. The van der Waals surface area contributed by atoms with Crippen molar-refractivity contribution in [1.29, 1.82) is 0 Å². The van der Waals surface area contributed by atoms with E-state index in [9.17, 15) is 4.79 Å². The highest BCUT2D eigenvalue weighted by Crippen LogP contribution is 2.25. The summed E-state index contributed by atoms with van der Waals surface area (Å²) in [6, 6.07) is 20.4. The smallest absolute Gasteiger partial charge is 0.233 e. The monoisotopic (exact) mass is 457 g/mol. The van der Waals surface area contributed by atoms with Gasteiger partial charge in [-0.25, -0.2) is 0 Å². The largest absolute Gasteiger partial charge is 0.341 e. The number of benzene rings is 2. The molecular formula is C26H27N5OS. The van der Waals surface area contributed by atoms with Crippen molar-refractivity contribution in [3.8, 4) is 11.4 Å². The number of pyridine rings is 1. The molecule has 0 aliphatic heterocycles. The van der Waals surface area contributed by atoms with Crippen LogP contribution in [0.5, 0.6) is 0 Å². The van der Waals surface area contributed by atoms with Crippen molar-refractivity contribution in [3.05, 3.63) is 95.3 Å². The fraction of sp³-hybridized carbons (Fsp3) is 0.231. The first-order valence-corrected chi connectivity index (χ1v) is 11.8. The van der Waals surface area contributed by atoms with Crippen molar-refractivity contribution in [1.82, 2.24) is 24.6 Å². The third kappa shape index (κ3) is 5.68. The second-order valence-corrected chi connectivity index (χ2v) is 9.03. The lowest BCUT2D eigenvalue weighted by molar-refractivity contribution is -0.127. The first kappa shape index (κ1) is 22.7. The fourth-order valence-corrected chi connectivity index (χ4v) is 4.49. The Morgan fingerprint density at radius 3 is 2.58 bits per heavy atom. The number of amides is 1. The van der Waals surface area contributed by atoms with Crippen LogP contribution in [0.2, 0.25) is 0 Å². The number of hydrogen-bond acceptors (Lipinski definition) is 5. The van der Waals surface area contributed by atoms with E-state index in [4.69, 9.17) is 0 Å². The van der Waals surface area contributed by atoms with Gasteiger partial charge < -0.3 is 4.90 Å². The molecule has 0 atom stereocenters. The molecule has 1 amide bonds. The molecule has 7 heteroatoms. The molecule has 4 rings (SSSR count). The van der Waals surface area contributed by atoms with Crippen LogP contribution in [0.25, 0.3) is 11.4 Å². The van der Waals surface area contributed by atoms with E-state index < -0.39 is 0 Å². The van der Waals surface area contributed by atoms with Gasteiger partial charge in [-0.1, -0.05) is 65.9 Å². The van der Waals surface area contributed by atoms with Gasteiger partial charge in [-0.3, -0.25) is 14.3 Å². The summed E-state index contributed by atoms with van der Waals surface area (Å²) in [6.07, 6.45) is 3.52. The van der Waals surface area contributed by atoms with Crippen LogP contribution in [-0.4, -0.2) is 43.4 Å². The summed E-state index contributed by atoms with van der Waals surface area (Å²) in [4.78, 5) is 18.9. The molecule has 168 valence electrons. The molecule has 0 aliphatic rings. The Morgan fingerprint density at radius 1 is 1.03 bits per heavy atom. The van der Waals surface area contributed by atoms with Crippen molar-refractivity contribution < 1.29 is 4.79 Å². The van der Waals surface area contributed by atoms with Crippen LogP contribution < -0.4 is 0 Å².